The minimum absolute atomic E-state index is 0.0727. The summed E-state index contributed by atoms with van der Waals surface area (Å²) < 4.78 is 32.6. The fourth-order valence-electron chi connectivity index (χ4n) is 3.79. The summed E-state index contributed by atoms with van der Waals surface area (Å²) >= 11 is 6.16. The number of hydrogen-bond acceptors (Lipinski definition) is 13. The molecule has 0 bridgehead atoms. The van der Waals surface area contributed by atoms with Crippen LogP contribution in [-0.4, -0.2) is 70.1 Å². The van der Waals surface area contributed by atoms with Gasteiger partial charge in [-0.05, 0) is 68.7 Å². The number of ether oxygens (including phenoxy) is 6. The highest BCUT2D eigenvalue weighted by Gasteiger charge is 2.50. The number of nitrogens with one attached hydrogen (secondary N) is 1. The molecule has 14 heteroatoms. The standard InChI is InChI=1S/C27H39ClN4O9/c1-11-15-19(28)31-21(29)32-20(15)30-16-12-14(13-36-22(33)39-25(2,3)4)17(37-23(34)40-26(5,6)7)18(16)38-24(35)41-27(8,9)10/h1,14,16-18H,12-13H2,2-10H3,(H3,29,30,31,32)/t14-,16-,17-,18+/m1/s1. The molecule has 0 aromatic carbocycles. The first-order chi connectivity index (χ1) is 18.7. The van der Waals surface area contributed by atoms with Crippen LogP contribution in [0.25, 0.3) is 0 Å². The van der Waals surface area contributed by atoms with E-state index in [-0.39, 0.29) is 35.5 Å². The monoisotopic (exact) mass is 598 g/mol. The van der Waals surface area contributed by atoms with E-state index in [1.165, 1.54) is 0 Å². The number of nitrogen functional groups attached to an aromatic ring is 1. The van der Waals surface area contributed by atoms with Gasteiger partial charge >= 0.3 is 18.5 Å². The summed E-state index contributed by atoms with van der Waals surface area (Å²) in [6.45, 7) is 14.8. The molecule has 41 heavy (non-hydrogen) atoms. The number of carbonyl (C=O) groups excluding carboxylic acids is 3. The van der Waals surface area contributed by atoms with E-state index >= 15 is 0 Å². The van der Waals surface area contributed by atoms with E-state index in [2.05, 4.69) is 21.2 Å². The number of nitrogens with zero attached hydrogens (tertiary/aromatic N) is 2. The zero-order chi connectivity index (χ0) is 31.3. The van der Waals surface area contributed by atoms with Crippen molar-refractivity contribution in [3.05, 3.63) is 10.7 Å². The first-order valence-electron chi connectivity index (χ1n) is 12.9. The van der Waals surface area contributed by atoms with Gasteiger partial charge in [0.1, 0.15) is 34.8 Å². The normalized spacial score (nSPS) is 20.8. The molecule has 1 aliphatic carbocycles. The van der Waals surface area contributed by atoms with E-state index in [1.807, 2.05) is 0 Å². The van der Waals surface area contributed by atoms with Crippen molar-refractivity contribution in [2.24, 2.45) is 5.92 Å². The van der Waals surface area contributed by atoms with E-state index in [0.29, 0.717) is 0 Å². The molecule has 0 radical (unpaired) electrons. The van der Waals surface area contributed by atoms with Gasteiger partial charge in [0.15, 0.2) is 17.4 Å². The van der Waals surface area contributed by atoms with E-state index in [0.717, 1.165) is 0 Å². The van der Waals surface area contributed by atoms with Crippen molar-refractivity contribution in [3.8, 4) is 12.3 Å². The van der Waals surface area contributed by atoms with Crippen molar-refractivity contribution in [1.82, 2.24) is 9.97 Å². The quantitative estimate of drug-likeness (QED) is 0.192. The fourth-order valence-corrected chi connectivity index (χ4v) is 4.02. The number of halogens is 1. The lowest BCUT2D eigenvalue weighted by atomic mass is 10.1. The molecule has 1 heterocycles. The maximum atomic E-state index is 12.8. The molecule has 0 spiro atoms. The van der Waals surface area contributed by atoms with E-state index in [4.69, 9.17) is 52.2 Å². The van der Waals surface area contributed by atoms with Crippen molar-refractivity contribution in [2.75, 3.05) is 17.7 Å². The van der Waals surface area contributed by atoms with E-state index in [1.54, 1.807) is 62.3 Å². The molecule has 1 fully saturated rings. The summed E-state index contributed by atoms with van der Waals surface area (Å²) in [4.78, 5) is 45.8. The highest BCUT2D eigenvalue weighted by atomic mass is 35.5. The molecular formula is C27H39ClN4O9. The third kappa shape index (κ3) is 11.0. The molecule has 1 aliphatic rings. The SMILES string of the molecule is C#Cc1c(Cl)nc(N)nc1N[C@@H]1C[C@H](COC(=O)OC(C)(C)C)[C@@H](OC(=O)OC(C)(C)C)[C@H]1OC(=O)OC(C)(C)C. The van der Waals surface area contributed by atoms with E-state index < -0.39 is 59.4 Å². The predicted octanol–water partition coefficient (Wildman–Crippen LogP) is 5.09. The van der Waals surface area contributed by atoms with E-state index in [9.17, 15) is 14.4 Å². The van der Waals surface area contributed by atoms with Gasteiger partial charge in [-0.1, -0.05) is 17.5 Å². The Morgan fingerprint density at radius 2 is 1.39 bits per heavy atom. The molecule has 228 valence electrons. The fraction of sp³-hybridized carbons (Fsp3) is 0.667. The molecule has 2 rings (SSSR count). The molecule has 1 saturated carbocycles. The van der Waals surface area contributed by atoms with Crippen molar-refractivity contribution < 1.29 is 42.8 Å². The van der Waals surface area contributed by atoms with Gasteiger partial charge in [0, 0.05) is 5.92 Å². The van der Waals surface area contributed by atoms with Crippen LogP contribution in [0.3, 0.4) is 0 Å². The average Bonchev–Trinajstić information content (AvgIpc) is 3.04. The summed E-state index contributed by atoms with van der Waals surface area (Å²) in [5.74, 6) is 1.61. The Kier molecular flexibility index (Phi) is 10.5. The molecule has 13 nitrogen and oxygen atoms in total. The molecule has 0 aliphatic heterocycles. The molecular weight excluding hydrogens is 560 g/mol. The molecule has 4 atom stereocenters. The number of terminal acetylenes is 1. The molecule has 1 aromatic rings. The molecule has 3 N–H and O–H groups in total. The third-order valence-electron chi connectivity index (χ3n) is 5.14. The van der Waals surface area contributed by atoms with Crippen LogP contribution in [0.2, 0.25) is 5.15 Å². The third-order valence-corrected chi connectivity index (χ3v) is 5.41. The van der Waals surface area contributed by atoms with Crippen molar-refractivity contribution in [1.29, 1.82) is 0 Å². The lowest BCUT2D eigenvalue weighted by Crippen LogP contribution is -2.44. The second-order valence-corrected chi connectivity index (χ2v) is 12.7. The van der Waals surface area contributed by atoms with Gasteiger partial charge in [-0.15, -0.1) is 6.42 Å². The average molecular weight is 599 g/mol. The number of hydrogen-bond donors (Lipinski definition) is 2. The van der Waals surface area contributed by atoms with Crippen LogP contribution in [0.5, 0.6) is 0 Å². The summed E-state index contributed by atoms with van der Waals surface area (Å²) in [6, 6.07) is -0.806. The van der Waals surface area contributed by atoms with Gasteiger partial charge < -0.3 is 39.5 Å². The molecule has 0 amide bonds. The van der Waals surface area contributed by atoms with Gasteiger partial charge in [0.2, 0.25) is 5.95 Å². The Morgan fingerprint density at radius 1 is 0.902 bits per heavy atom. The minimum atomic E-state index is -1.19. The maximum Gasteiger partial charge on any atom is 0.509 e. The lowest BCUT2D eigenvalue weighted by molar-refractivity contribution is -0.0907. The van der Waals surface area contributed by atoms with Crippen LogP contribution < -0.4 is 11.1 Å². The summed E-state index contributed by atoms with van der Waals surface area (Å²) in [5, 5.41) is 3.00. The topological polar surface area (TPSA) is 170 Å². The van der Waals surface area contributed by atoms with Crippen LogP contribution in [0.4, 0.5) is 26.1 Å². The maximum absolute atomic E-state index is 12.8. The Labute approximate surface area is 245 Å². The van der Waals surface area contributed by atoms with Crippen molar-refractivity contribution >= 4 is 41.8 Å². The van der Waals surface area contributed by atoms with Crippen LogP contribution in [0.15, 0.2) is 0 Å². The van der Waals surface area contributed by atoms with Gasteiger partial charge in [-0.3, -0.25) is 0 Å². The highest BCUT2D eigenvalue weighted by molar-refractivity contribution is 6.31. The lowest BCUT2D eigenvalue weighted by Gasteiger charge is -2.29. The van der Waals surface area contributed by atoms with Gasteiger partial charge in [-0.25, -0.2) is 14.4 Å². The molecule has 0 saturated heterocycles. The van der Waals surface area contributed by atoms with Crippen LogP contribution >= 0.6 is 11.6 Å². The van der Waals surface area contributed by atoms with Gasteiger partial charge in [0.25, 0.3) is 0 Å². The first kappa shape index (κ1) is 33.5. The first-order valence-corrected chi connectivity index (χ1v) is 13.3. The van der Waals surface area contributed by atoms with Crippen molar-refractivity contribution in [3.63, 3.8) is 0 Å². The number of rotatable bonds is 6. The highest BCUT2D eigenvalue weighted by Crippen LogP contribution is 2.36. The Balaban J connectivity index is 2.47. The van der Waals surface area contributed by atoms with Crippen LogP contribution in [0.1, 0.15) is 74.3 Å². The Bertz CT molecular complexity index is 1170. The second kappa shape index (κ2) is 12.9. The van der Waals surface area contributed by atoms with Crippen LogP contribution in [0, 0.1) is 18.3 Å². The zero-order valence-electron chi connectivity index (χ0n) is 24.8. The van der Waals surface area contributed by atoms with Gasteiger partial charge in [-0.2, -0.15) is 9.97 Å². The number of carbonyl (C=O) groups is 3. The predicted molar refractivity (Wildman–Crippen MR) is 149 cm³/mol. The van der Waals surface area contributed by atoms with Gasteiger partial charge in [0.05, 0.1) is 6.04 Å². The summed E-state index contributed by atoms with van der Waals surface area (Å²) in [5.41, 5.74) is 3.31. The minimum Gasteiger partial charge on any atom is -0.434 e. The molecule has 1 aromatic heterocycles. The summed E-state index contributed by atoms with van der Waals surface area (Å²) in [7, 11) is 0. The number of aromatic nitrogens is 2. The molecule has 0 unspecified atom stereocenters. The largest absolute Gasteiger partial charge is 0.509 e. The number of nitrogens with two attached hydrogens (primary N) is 1. The second-order valence-electron chi connectivity index (χ2n) is 12.4. The summed E-state index contributed by atoms with van der Waals surface area (Å²) in [6.07, 6.45) is 0.406. The Morgan fingerprint density at radius 3 is 1.88 bits per heavy atom. The van der Waals surface area contributed by atoms with Crippen molar-refractivity contribution in [2.45, 2.75) is 104 Å². The zero-order valence-corrected chi connectivity index (χ0v) is 25.6. The Hall–Kier alpha value is -3.66. The van der Waals surface area contributed by atoms with Crippen LogP contribution in [-0.2, 0) is 28.4 Å². The smallest absolute Gasteiger partial charge is 0.434 e. The number of anilines is 2.